The molecule has 0 bridgehead atoms. The molecule has 4 aromatic rings. The first-order chi connectivity index (χ1) is 16.7. The normalized spacial score (nSPS) is 12.3. The van der Waals surface area contributed by atoms with Crippen molar-refractivity contribution < 1.29 is 16.8 Å². The molecule has 0 aliphatic heterocycles. The molecule has 0 saturated heterocycles. The average molecular weight is 525 g/mol. The molecule has 0 spiro atoms. The van der Waals surface area contributed by atoms with Crippen molar-refractivity contribution in [2.75, 3.05) is 4.31 Å². The monoisotopic (exact) mass is 524 g/mol. The second-order valence-electron chi connectivity index (χ2n) is 7.63. The van der Waals surface area contributed by atoms with Crippen molar-refractivity contribution in [1.82, 2.24) is 0 Å². The molecule has 0 heterocycles. The standard InChI is InChI=1S/C26H21ClN2O4S2/c1-20-12-16-23(17-13-20)29(35(32,33)25-18-14-22(27)15-19-25)26(21-8-4-2-5-9-21)28-34(30,31)24-10-6-3-7-11-24/h2-19H,1H3/b28-26+. The Balaban J connectivity index is 2.02. The maximum atomic E-state index is 14.0. The topological polar surface area (TPSA) is 83.9 Å². The number of halogens is 1. The zero-order valence-electron chi connectivity index (χ0n) is 18.6. The van der Waals surface area contributed by atoms with Crippen LogP contribution in [0, 0.1) is 6.92 Å². The van der Waals surface area contributed by atoms with Crippen molar-refractivity contribution >= 4 is 43.2 Å². The third-order valence-corrected chi connectivity index (χ3v) is 8.36. The molecule has 4 rings (SSSR count). The molecular weight excluding hydrogens is 504 g/mol. The van der Waals surface area contributed by atoms with Crippen molar-refractivity contribution in [3.63, 3.8) is 0 Å². The van der Waals surface area contributed by atoms with Crippen LogP contribution in [0.5, 0.6) is 0 Å². The van der Waals surface area contributed by atoms with E-state index in [-0.39, 0.29) is 21.3 Å². The van der Waals surface area contributed by atoms with E-state index in [1.54, 1.807) is 72.8 Å². The Bertz CT molecular complexity index is 1550. The molecule has 0 N–H and O–H groups in total. The molecule has 0 amide bonds. The molecule has 9 heteroatoms. The highest BCUT2D eigenvalue weighted by atomic mass is 35.5. The second-order valence-corrected chi connectivity index (χ2v) is 11.5. The van der Waals surface area contributed by atoms with E-state index in [9.17, 15) is 16.8 Å². The van der Waals surface area contributed by atoms with Crippen molar-refractivity contribution in [3.8, 4) is 0 Å². The van der Waals surface area contributed by atoms with Gasteiger partial charge in [0.1, 0.15) is 0 Å². The zero-order valence-corrected chi connectivity index (χ0v) is 21.0. The Hall–Kier alpha value is -3.46. The van der Waals surface area contributed by atoms with E-state index in [0.717, 1.165) is 9.87 Å². The molecule has 0 atom stereocenters. The molecule has 0 aliphatic rings. The van der Waals surface area contributed by atoms with Gasteiger partial charge in [0.2, 0.25) is 0 Å². The Morgan fingerprint density at radius 2 is 1.23 bits per heavy atom. The van der Waals surface area contributed by atoms with Crippen LogP contribution in [0.4, 0.5) is 5.69 Å². The largest absolute Gasteiger partial charge is 0.284 e. The first kappa shape index (κ1) is 24.7. The number of rotatable bonds is 6. The number of aryl methyl sites for hydroxylation is 1. The van der Waals surface area contributed by atoms with E-state index in [2.05, 4.69) is 4.40 Å². The summed E-state index contributed by atoms with van der Waals surface area (Å²) in [6.45, 7) is 1.87. The minimum Gasteiger partial charge on any atom is -0.216 e. The Morgan fingerprint density at radius 1 is 0.686 bits per heavy atom. The summed E-state index contributed by atoms with van der Waals surface area (Å²) < 4.78 is 59.5. The van der Waals surface area contributed by atoms with Crippen molar-refractivity contribution in [3.05, 3.63) is 125 Å². The molecule has 0 aliphatic carbocycles. The van der Waals surface area contributed by atoms with Gasteiger partial charge in [0, 0.05) is 10.6 Å². The van der Waals surface area contributed by atoms with Crippen LogP contribution in [0.1, 0.15) is 11.1 Å². The fraction of sp³-hybridized carbons (Fsp3) is 0.0385. The molecule has 0 unspecified atom stereocenters. The number of benzene rings is 4. The van der Waals surface area contributed by atoms with Crippen LogP contribution in [0.25, 0.3) is 0 Å². The number of hydrogen-bond donors (Lipinski definition) is 0. The first-order valence-electron chi connectivity index (χ1n) is 10.5. The molecule has 0 radical (unpaired) electrons. The van der Waals surface area contributed by atoms with Crippen LogP contribution >= 0.6 is 11.6 Å². The number of hydrogen-bond acceptors (Lipinski definition) is 4. The van der Waals surface area contributed by atoms with E-state index >= 15 is 0 Å². The third-order valence-electron chi connectivity index (χ3n) is 5.09. The molecule has 178 valence electrons. The summed E-state index contributed by atoms with van der Waals surface area (Å²) in [7, 11) is -8.56. The van der Waals surface area contributed by atoms with Crippen LogP contribution in [0.15, 0.2) is 123 Å². The van der Waals surface area contributed by atoms with E-state index in [4.69, 9.17) is 11.6 Å². The van der Waals surface area contributed by atoms with E-state index in [1.165, 1.54) is 36.4 Å². The lowest BCUT2D eigenvalue weighted by Crippen LogP contribution is -2.38. The predicted octanol–water partition coefficient (Wildman–Crippen LogP) is 5.68. The van der Waals surface area contributed by atoms with Gasteiger partial charge in [0.25, 0.3) is 20.0 Å². The Morgan fingerprint density at radius 3 is 1.80 bits per heavy atom. The quantitative estimate of drug-likeness (QED) is 0.240. The zero-order chi connectivity index (χ0) is 25.1. The number of anilines is 1. The molecular formula is C26H21ClN2O4S2. The minimum absolute atomic E-state index is 0.0545. The predicted molar refractivity (Wildman–Crippen MR) is 139 cm³/mol. The lowest BCUT2D eigenvalue weighted by Gasteiger charge is -2.26. The molecule has 4 aromatic carbocycles. The van der Waals surface area contributed by atoms with Gasteiger partial charge in [-0.15, -0.1) is 4.40 Å². The van der Waals surface area contributed by atoms with Gasteiger partial charge in [0.05, 0.1) is 15.5 Å². The number of amidine groups is 1. The van der Waals surface area contributed by atoms with Gasteiger partial charge in [0.15, 0.2) is 5.84 Å². The van der Waals surface area contributed by atoms with E-state index in [1.807, 2.05) is 6.92 Å². The summed E-state index contributed by atoms with van der Waals surface area (Å²) in [5, 5.41) is 0.370. The summed E-state index contributed by atoms with van der Waals surface area (Å²) in [6, 6.07) is 28.3. The van der Waals surface area contributed by atoms with Crippen LogP contribution in [-0.2, 0) is 20.0 Å². The fourth-order valence-electron chi connectivity index (χ4n) is 3.32. The van der Waals surface area contributed by atoms with Crippen molar-refractivity contribution in [1.29, 1.82) is 0 Å². The summed E-state index contributed by atoms with van der Waals surface area (Å²) in [5.74, 6) is -0.256. The SMILES string of the molecule is Cc1ccc(N(/C(=N/S(=O)(=O)c2ccccc2)c2ccccc2)S(=O)(=O)c2ccc(Cl)cc2)cc1. The molecule has 6 nitrogen and oxygen atoms in total. The first-order valence-corrected chi connectivity index (χ1v) is 13.8. The highest BCUT2D eigenvalue weighted by Gasteiger charge is 2.32. The van der Waals surface area contributed by atoms with Crippen LogP contribution in [0.3, 0.4) is 0 Å². The number of nitrogens with zero attached hydrogens (tertiary/aromatic N) is 2. The Kier molecular flexibility index (Phi) is 7.07. The average Bonchev–Trinajstić information content (AvgIpc) is 2.86. The summed E-state index contributed by atoms with van der Waals surface area (Å²) >= 11 is 5.98. The molecule has 0 fully saturated rings. The van der Waals surface area contributed by atoms with Gasteiger partial charge in [-0.1, -0.05) is 77.8 Å². The van der Waals surface area contributed by atoms with Gasteiger partial charge in [-0.05, 0) is 55.5 Å². The smallest absolute Gasteiger partial charge is 0.216 e. The van der Waals surface area contributed by atoms with Crippen molar-refractivity contribution in [2.24, 2.45) is 4.40 Å². The number of sulfonamides is 2. The highest BCUT2D eigenvalue weighted by molar-refractivity contribution is 7.94. The van der Waals surface area contributed by atoms with Crippen LogP contribution < -0.4 is 4.31 Å². The van der Waals surface area contributed by atoms with Gasteiger partial charge in [-0.2, -0.15) is 8.42 Å². The van der Waals surface area contributed by atoms with Crippen LogP contribution in [0.2, 0.25) is 5.02 Å². The highest BCUT2D eigenvalue weighted by Crippen LogP contribution is 2.29. The molecule has 35 heavy (non-hydrogen) atoms. The maximum absolute atomic E-state index is 14.0. The van der Waals surface area contributed by atoms with E-state index in [0.29, 0.717) is 10.6 Å². The molecule has 0 aromatic heterocycles. The van der Waals surface area contributed by atoms with E-state index < -0.39 is 20.0 Å². The second kappa shape index (κ2) is 10.0. The fourth-order valence-corrected chi connectivity index (χ4v) is 5.98. The lowest BCUT2D eigenvalue weighted by molar-refractivity contribution is 0.597. The summed E-state index contributed by atoms with van der Waals surface area (Å²) in [6.07, 6.45) is 0. The van der Waals surface area contributed by atoms with Gasteiger partial charge in [-0.25, -0.2) is 12.7 Å². The minimum atomic E-state index is -4.31. The van der Waals surface area contributed by atoms with Crippen LogP contribution in [-0.4, -0.2) is 22.7 Å². The summed E-state index contributed by atoms with van der Waals surface area (Å²) in [4.78, 5) is -0.121. The Labute approximate surface area is 210 Å². The third kappa shape index (κ3) is 5.45. The van der Waals surface area contributed by atoms with Crippen molar-refractivity contribution in [2.45, 2.75) is 16.7 Å². The van der Waals surface area contributed by atoms with Gasteiger partial charge in [-0.3, -0.25) is 0 Å². The van der Waals surface area contributed by atoms with Gasteiger partial charge >= 0.3 is 0 Å². The maximum Gasteiger partial charge on any atom is 0.284 e. The molecule has 0 saturated carbocycles. The summed E-state index contributed by atoms with van der Waals surface area (Å²) in [5.41, 5.74) is 1.45. The lowest BCUT2D eigenvalue weighted by atomic mass is 10.2. The van der Waals surface area contributed by atoms with Gasteiger partial charge < -0.3 is 0 Å².